The smallest absolute Gasteiger partial charge is 0.290 e. The van der Waals surface area contributed by atoms with Gasteiger partial charge in [-0.25, -0.2) is 0 Å². The van der Waals surface area contributed by atoms with Gasteiger partial charge in [0.15, 0.2) is 23.0 Å². The third kappa shape index (κ3) is 3.90. The number of rotatable bonds is 6. The van der Waals surface area contributed by atoms with Crippen LogP contribution in [0.1, 0.15) is 37.8 Å². The van der Waals surface area contributed by atoms with Crippen molar-refractivity contribution in [1.82, 2.24) is 4.90 Å². The molecule has 0 spiro atoms. The van der Waals surface area contributed by atoms with Crippen molar-refractivity contribution in [2.24, 2.45) is 11.8 Å². The van der Waals surface area contributed by atoms with E-state index in [4.69, 9.17) is 25.8 Å². The second-order valence-corrected chi connectivity index (χ2v) is 10.1. The molecule has 0 radical (unpaired) electrons. The number of methoxy groups -OCH3 is 2. The minimum absolute atomic E-state index is 0.0433. The molecule has 3 aliphatic rings. The standard InChI is InChI=1S/C23H27BrClNO6/c1-11-7-16-13(10-15(11)25)20(27)18-19(12-8-14(24)21(28)17(9-12)31-3)26(5-4-6-30-2)23(29)22(18)32-16/h8-9,11,13,15-16,19,28H,4-7,10H2,1-3H3. The van der Waals surface area contributed by atoms with E-state index in [2.05, 4.69) is 15.9 Å². The molecule has 1 aromatic carbocycles. The van der Waals surface area contributed by atoms with Crippen molar-refractivity contribution in [1.29, 1.82) is 0 Å². The van der Waals surface area contributed by atoms with Crippen molar-refractivity contribution in [3.8, 4) is 11.5 Å². The van der Waals surface area contributed by atoms with Crippen molar-refractivity contribution >= 4 is 39.2 Å². The molecule has 0 aromatic heterocycles. The van der Waals surface area contributed by atoms with E-state index in [0.29, 0.717) is 48.0 Å². The summed E-state index contributed by atoms with van der Waals surface area (Å²) in [6.07, 6.45) is 1.44. The Bertz CT molecular complexity index is 966. The maximum absolute atomic E-state index is 13.7. The van der Waals surface area contributed by atoms with Gasteiger partial charge in [-0.3, -0.25) is 9.59 Å². The first-order valence-corrected chi connectivity index (χ1v) is 12.0. The maximum atomic E-state index is 13.7. The van der Waals surface area contributed by atoms with Gasteiger partial charge in [-0.1, -0.05) is 6.92 Å². The molecular formula is C23H27BrClNO6. The van der Waals surface area contributed by atoms with Gasteiger partial charge in [-0.05, 0) is 58.8 Å². The largest absolute Gasteiger partial charge is 0.503 e. The molecule has 9 heteroatoms. The SMILES string of the molecule is COCCCN1C(=O)C2=C(C(=O)C3CC(Cl)C(C)CC3O2)C1c1cc(Br)c(O)c(OC)c1. The lowest BCUT2D eigenvalue weighted by Crippen LogP contribution is -2.44. The minimum Gasteiger partial charge on any atom is -0.503 e. The lowest BCUT2D eigenvalue weighted by atomic mass is 9.74. The van der Waals surface area contributed by atoms with Gasteiger partial charge in [0.2, 0.25) is 0 Å². The highest BCUT2D eigenvalue weighted by atomic mass is 79.9. The molecule has 4 rings (SSSR count). The van der Waals surface area contributed by atoms with Crippen molar-refractivity contribution in [2.45, 2.75) is 43.7 Å². The van der Waals surface area contributed by atoms with Crippen molar-refractivity contribution in [3.63, 3.8) is 0 Å². The molecule has 1 fully saturated rings. The van der Waals surface area contributed by atoms with E-state index in [0.717, 1.165) is 0 Å². The van der Waals surface area contributed by atoms with E-state index in [9.17, 15) is 14.7 Å². The molecule has 7 nitrogen and oxygen atoms in total. The van der Waals surface area contributed by atoms with Crippen LogP contribution >= 0.6 is 27.5 Å². The summed E-state index contributed by atoms with van der Waals surface area (Å²) in [4.78, 5) is 28.8. The molecule has 174 valence electrons. The van der Waals surface area contributed by atoms with Gasteiger partial charge in [0.25, 0.3) is 5.91 Å². The molecule has 1 saturated carbocycles. The predicted molar refractivity (Wildman–Crippen MR) is 122 cm³/mol. The summed E-state index contributed by atoms with van der Waals surface area (Å²) in [6.45, 7) is 2.92. The molecule has 5 unspecified atom stereocenters. The fraction of sp³-hybridized carbons (Fsp3) is 0.565. The zero-order valence-electron chi connectivity index (χ0n) is 18.3. The van der Waals surface area contributed by atoms with E-state index in [1.807, 2.05) is 6.92 Å². The van der Waals surface area contributed by atoms with Crippen LogP contribution in [0.5, 0.6) is 11.5 Å². The highest BCUT2D eigenvalue weighted by Gasteiger charge is 2.53. The number of phenols is 1. The van der Waals surface area contributed by atoms with Crippen LogP contribution in [0.4, 0.5) is 0 Å². The molecule has 0 saturated heterocycles. The summed E-state index contributed by atoms with van der Waals surface area (Å²) in [7, 11) is 3.06. The highest BCUT2D eigenvalue weighted by Crippen LogP contribution is 2.49. The number of amides is 1. The molecule has 2 aliphatic heterocycles. The summed E-state index contributed by atoms with van der Waals surface area (Å²) in [5.74, 6) is -0.192. The van der Waals surface area contributed by atoms with Crippen LogP contribution in [-0.4, -0.2) is 60.5 Å². The Balaban J connectivity index is 1.79. The molecule has 32 heavy (non-hydrogen) atoms. The summed E-state index contributed by atoms with van der Waals surface area (Å²) < 4.78 is 17.1. The molecule has 1 amide bonds. The summed E-state index contributed by atoms with van der Waals surface area (Å²) in [5.41, 5.74) is 1.02. The number of carbonyl (C=O) groups is 2. The van der Waals surface area contributed by atoms with Crippen LogP contribution in [0, 0.1) is 11.8 Å². The average molecular weight is 529 g/mol. The third-order valence-corrected chi connectivity index (χ3v) is 7.85. The number of carbonyl (C=O) groups excluding carboxylic acids is 2. The monoisotopic (exact) mass is 527 g/mol. The minimum atomic E-state index is -0.637. The number of fused-ring (bicyclic) bond motifs is 1. The van der Waals surface area contributed by atoms with Gasteiger partial charge < -0.3 is 24.2 Å². The number of ketones is 1. The molecule has 1 aromatic rings. The number of hydrogen-bond donors (Lipinski definition) is 1. The van der Waals surface area contributed by atoms with Gasteiger partial charge in [0.05, 0.1) is 29.1 Å². The number of aromatic hydroxyl groups is 1. The predicted octanol–water partition coefficient (Wildman–Crippen LogP) is 3.96. The molecule has 1 aliphatic carbocycles. The molecule has 1 N–H and O–H groups in total. The Morgan fingerprint density at radius 2 is 2.03 bits per heavy atom. The van der Waals surface area contributed by atoms with Crippen molar-refractivity contribution in [2.75, 3.05) is 27.4 Å². The second-order valence-electron chi connectivity index (χ2n) is 8.64. The second kappa shape index (κ2) is 9.23. The van der Waals surface area contributed by atoms with Crippen LogP contribution < -0.4 is 4.74 Å². The van der Waals surface area contributed by atoms with E-state index in [1.54, 1.807) is 24.1 Å². The number of hydrogen-bond acceptors (Lipinski definition) is 6. The quantitative estimate of drug-likeness (QED) is 0.444. The Hall–Kier alpha value is -1.77. The lowest BCUT2D eigenvalue weighted by Gasteiger charge is -2.40. The zero-order chi connectivity index (χ0) is 23.2. The number of halogens is 2. The maximum Gasteiger partial charge on any atom is 0.290 e. The lowest BCUT2D eigenvalue weighted by molar-refractivity contribution is -0.136. The van der Waals surface area contributed by atoms with Crippen LogP contribution in [0.25, 0.3) is 0 Å². The van der Waals surface area contributed by atoms with E-state index >= 15 is 0 Å². The summed E-state index contributed by atoms with van der Waals surface area (Å²) in [5, 5.41) is 10.2. The number of phenolic OH excluding ortho intramolecular Hbond substituents is 1. The number of benzene rings is 1. The third-order valence-electron chi connectivity index (χ3n) is 6.64. The Morgan fingerprint density at radius 3 is 2.72 bits per heavy atom. The Labute approximate surface area is 200 Å². The van der Waals surface area contributed by atoms with Crippen LogP contribution in [0.15, 0.2) is 27.9 Å². The number of alkyl halides is 1. The first kappa shape index (κ1) is 23.4. The molecule has 0 bridgehead atoms. The summed E-state index contributed by atoms with van der Waals surface area (Å²) >= 11 is 9.86. The van der Waals surface area contributed by atoms with Crippen LogP contribution in [0.2, 0.25) is 0 Å². The van der Waals surface area contributed by atoms with Gasteiger partial charge in [0.1, 0.15) is 6.10 Å². The van der Waals surface area contributed by atoms with E-state index < -0.39 is 6.04 Å². The average Bonchev–Trinajstić information content (AvgIpc) is 3.04. The zero-order valence-corrected chi connectivity index (χ0v) is 20.6. The van der Waals surface area contributed by atoms with Crippen LogP contribution in [0.3, 0.4) is 0 Å². The van der Waals surface area contributed by atoms with Crippen molar-refractivity contribution < 1.29 is 28.9 Å². The highest BCUT2D eigenvalue weighted by molar-refractivity contribution is 9.10. The van der Waals surface area contributed by atoms with E-state index in [1.165, 1.54) is 7.11 Å². The fourth-order valence-electron chi connectivity index (χ4n) is 4.93. The molecule has 2 heterocycles. The topological polar surface area (TPSA) is 85.3 Å². The van der Waals surface area contributed by atoms with Crippen LogP contribution in [-0.2, 0) is 19.1 Å². The van der Waals surface area contributed by atoms with Gasteiger partial charge in [0, 0.05) is 25.6 Å². The molecule has 5 atom stereocenters. The Kier molecular flexibility index (Phi) is 6.75. The van der Waals surface area contributed by atoms with Gasteiger partial charge in [-0.15, -0.1) is 11.6 Å². The molecular weight excluding hydrogens is 502 g/mol. The first-order valence-electron chi connectivity index (χ1n) is 10.7. The summed E-state index contributed by atoms with van der Waals surface area (Å²) in [6, 6.07) is 2.73. The number of ether oxygens (including phenoxy) is 3. The normalized spacial score (nSPS) is 29.7. The first-order chi connectivity index (χ1) is 15.3. The van der Waals surface area contributed by atoms with Gasteiger partial charge in [-0.2, -0.15) is 0 Å². The fourth-order valence-corrected chi connectivity index (χ4v) is 5.68. The van der Waals surface area contributed by atoms with E-state index in [-0.39, 0.29) is 52.3 Å². The van der Waals surface area contributed by atoms with Crippen molar-refractivity contribution in [3.05, 3.63) is 33.5 Å². The number of nitrogens with zero attached hydrogens (tertiary/aromatic N) is 1. The Morgan fingerprint density at radius 1 is 1.28 bits per heavy atom. The van der Waals surface area contributed by atoms with Gasteiger partial charge >= 0.3 is 0 Å². The number of Topliss-reactive ketones (excluding diaryl/α,β-unsaturated/α-hetero) is 1.